The Morgan fingerprint density at radius 2 is 1.73 bits per heavy atom. The molecule has 10 atom stereocenters. The van der Waals surface area contributed by atoms with Gasteiger partial charge >= 0.3 is 5.97 Å². The van der Waals surface area contributed by atoms with Crippen LogP contribution in [-0.4, -0.2) is 23.9 Å². The van der Waals surface area contributed by atoms with E-state index < -0.39 is 0 Å². The zero-order valence-electron chi connectivity index (χ0n) is 28.5. The van der Waals surface area contributed by atoms with Crippen LogP contribution in [-0.2, 0) is 16.1 Å². The molecule has 7 rings (SSSR count). The van der Waals surface area contributed by atoms with Gasteiger partial charge in [-0.15, -0.1) is 11.6 Å². The monoisotopic (exact) mass is 631 g/mol. The maximum Gasteiger partial charge on any atom is 0.309 e. The number of halogens is 1. The molecule has 4 fully saturated rings. The first-order valence-corrected chi connectivity index (χ1v) is 19.1. The average Bonchev–Trinajstić information content (AvgIpc) is 3.48. The summed E-state index contributed by atoms with van der Waals surface area (Å²) < 4.78 is 5.71. The summed E-state index contributed by atoms with van der Waals surface area (Å²) in [6.07, 6.45) is 21.5. The van der Waals surface area contributed by atoms with Crippen molar-refractivity contribution in [3.63, 3.8) is 0 Å². The largest absolute Gasteiger partial charge is 0.461 e. The molecule has 45 heavy (non-hydrogen) atoms. The van der Waals surface area contributed by atoms with E-state index in [4.69, 9.17) is 16.3 Å². The summed E-state index contributed by atoms with van der Waals surface area (Å²) in [6, 6.07) is 10.0. The summed E-state index contributed by atoms with van der Waals surface area (Å²) >= 11 is 6.20. The van der Waals surface area contributed by atoms with Crippen molar-refractivity contribution in [2.24, 2.45) is 51.8 Å². The quantitative estimate of drug-likeness (QED) is 0.240. The molecule has 1 aromatic carbocycles. The van der Waals surface area contributed by atoms with Crippen LogP contribution in [0.15, 0.2) is 53.6 Å². The molecule has 0 amide bonds. The highest BCUT2D eigenvalue weighted by atomic mass is 35.5. The third-order valence-corrected chi connectivity index (χ3v) is 15.7. The minimum Gasteiger partial charge on any atom is -0.461 e. The zero-order valence-corrected chi connectivity index (χ0v) is 29.3. The van der Waals surface area contributed by atoms with Gasteiger partial charge in [0.25, 0.3) is 0 Å². The van der Waals surface area contributed by atoms with E-state index in [0.29, 0.717) is 34.3 Å². The summed E-state index contributed by atoms with van der Waals surface area (Å²) in [5, 5.41) is 4.03. The van der Waals surface area contributed by atoms with Crippen LogP contribution in [0.4, 0.5) is 0 Å². The molecule has 4 saturated carbocycles. The topological polar surface area (TPSA) is 38.3 Å². The first-order valence-electron chi connectivity index (χ1n) is 18.6. The first kappa shape index (κ1) is 32.0. The number of hydrogen-bond acceptors (Lipinski definition) is 3. The molecule has 246 valence electrons. The molecule has 0 saturated heterocycles. The van der Waals surface area contributed by atoms with E-state index >= 15 is 0 Å². The maximum absolute atomic E-state index is 12.9. The number of esters is 1. The second-order valence-electron chi connectivity index (χ2n) is 16.9. The molecule has 0 aromatic heterocycles. The van der Waals surface area contributed by atoms with Gasteiger partial charge < -0.3 is 10.1 Å². The van der Waals surface area contributed by atoms with E-state index in [1.54, 1.807) is 5.57 Å². The number of allylic oxidation sites excluding steroid dienone is 4. The van der Waals surface area contributed by atoms with Gasteiger partial charge in [0.1, 0.15) is 6.61 Å². The molecule has 0 radical (unpaired) electrons. The summed E-state index contributed by atoms with van der Waals surface area (Å²) in [5.41, 5.74) is 5.78. The van der Waals surface area contributed by atoms with Gasteiger partial charge in [-0.05, 0) is 140 Å². The standard InChI is InChI=1S/C41H58ClNO2/c1-28-32(30-12-14-31(15-13-30)37(44)45-27-29-9-6-5-7-10-29)18-21-38(2)33(28)19-22-40(4)36(38)17-16-34-35-11-8-20-41(35,43-26-25-42)24-23-39(34,40)3/h5-7,9-10,12,18,28,31,33-36,43H,8,11,13-17,19-27H2,1-4H3/t28?,31-,33?,34?,35+,36?,38?,39+,40?,41?/m0/s1. The van der Waals surface area contributed by atoms with Gasteiger partial charge in [-0.25, -0.2) is 0 Å². The van der Waals surface area contributed by atoms with E-state index in [-0.39, 0.29) is 11.9 Å². The molecule has 0 heterocycles. The molecule has 6 aliphatic carbocycles. The fourth-order valence-corrected chi connectivity index (χ4v) is 13.1. The number of fused-ring (bicyclic) bond motifs is 7. The van der Waals surface area contributed by atoms with Crippen molar-refractivity contribution in [2.45, 2.75) is 123 Å². The number of alkyl halides is 1. The SMILES string of the molecule is CC1C(C2=CC[C@H](C(=O)OCc3ccccc3)CC2)=CCC2(C)C1CCC1(C)C2CCC2[C@H]3CCCC3(NCCCl)CC[C@]21C. The van der Waals surface area contributed by atoms with E-state index in [1.165, 1.54) is 69.8 Å². The number of benzene rings is 1. The predicted octanol–water partition coefficient (Wildman–Crippen LogP) is 10.0. The van der Waals surface area contributed by atoms with Crippen LogP contribution in [0.25, 0.3) is 0 Å². The highest BCUT2D eigenvalue weighted by Gasteiger charge is 2.68. The smallest absolute Gasteiger partial charge is 0.309 e. The van der Waals surface area contributed by atoms with E-state index in [1.807, 2.05) is 30.3 Å². The van der Waals surface area contributed by atoms with Crippen LogP contribution in [0.3, 0.4) is 0 Å². The lowest BCUT2D eigenvalue weighted by molar-refractivity contribution is -0.212. The molecule has 0 spiro atoms. The number of ether oxygens (including phenoxy) is 1. The second kappa shape index (κ2) is 12.1. The summed E-state index contributed by atoms with van der Waals surface area (Å²) in [4.78, 5) is 12.9. The van der Waals surface area contributed by atoms with Gasteiger partial charge in [0, 0.05) is 18.0 Å². The van der Waals surface area contributed by atoms with Crippen molar-refractivity contribution in [3.05, 3.63) is 59.2 Å². The third kappa shape index (κ3) is 5.11. The Kier molecular flexibility index (Phi) is 8.63. The van der Waals surface area contributed by atoms with Crippen LogP contribution >= 0.6 is 11.6 Å². The van der Waals surface area contributed by atoms with Crippen molar-refractivity contribution in [1.82, 2.24) is 5.32 Å². The highest BCUT2D eigenvalue weighted by molar-refractivity contribution is 6.18. The van der Waals surface area contributed by atoms with Crippen LogP contribution < -0.4 is 5.32 Å². The number of carbonyl (C=O) groups is 1. The van der Waals surface area contributed by atoms with Crippen molar-refractivity contribution in [2.75, 3.05) is 12.4 Å². The lowest BCUT2D eigenvalue weighted by atomic mass is 9.34. The summed E-state index contributed by atoms with van der Waals surface area (Å²) in [5.74, 6) is 4.52. The molecule has 7 unspecified atom stereocenters. The number of hydrogen-bond donors (Lipinski definition) is 1. The van der Waals surface area contributed by atoms with Crippen molar-refractivity contribution in [3.8, 4) is 0 Å². The fraction of sp³-hybridized carbons (Fsp3) is 0.732. The van der Waals surface area contributed by atoms with E-state index in [0.717, 1.165) is 60.9 Å². The maximum atomic E-state index is 12.9. The van der Waals surface area contributed by atoms with Gasteiger partial charge in [0.05, 0.1) is 5.92 Å². The molecule has 6 aliphatic rings. The van der Waals surface area contributed by atoms with E-state index in [2.05, 4.69) is 45.2 Å². The third-order valence-electron chi connectivity index (χ3n) is 15.5. The Morgan fingerprint density at radius 3 is 2.49 bits per heavy atom. The number of carbonyl (C=O) groups excluding carboxylic acids is 1. The van der Waals surface area contributed by atoms with Crippen LogP contribution in [0, 0.1) is 51.8 Å². The Morgan fingerprint density at radius 1 is 0.911 bits per heavy atom. The van der Waals surface area contributed by atoms with Gasteiger partial charge in [-0.1, -0.05) is 76.6 Å². The second-order valence-corrected chi connectivity index (χ2v) is 17.3. The molecular formula is C41H58ClNO2. The molecule has 1 N–H and O–H groups in total. The van der Waals surface area contributed by atoms with Crippen molar-refractivity contribution < 1.29 is 9.53 Å². The van der Waals surface area contributed by atoms with Crippen LogP contribution in [0.5, 0.6) is 0 Å². The summed E-state index contributed by atoms with van der Waals surface area (Å²) in [7, 11) is 0. The first-order chi connectivity index (χ1) is 21.7. The Balaban J connectivity index is 1.06. The van der Waals surface area contributed by atoms with Gasteiger partial charge in [0.2, 0.25) is 0 Å². The molecule has 3 nitrogen and oxygen atoms in total. The number of rotatable bonds is 7. The van der Waals surface area contributed by atoms with Crippen molar-refractivity contribution in [1.29, 1.82) is 0 Å². The van der Waals surface area contributed by atoms with Gasteiger partial charge in [0.15, 0.2) is 0 Å². The Labute approximate surface area is 278 Å². The summed E-state index contributed by atoms with van der Waals surface area (Å²) in [6.45, 7) is 12.1. The molecular weight excluding hydrogens is 574 g/mol. The van der Waals surface area contributed by atoms with Gasteiger partial charge in [-0.2, -0.15) is 0 Å². The zero-order chi connectivity index (χ0) is 31.5. The Hall–Kier alpha value is -1.58. The van der Waals surface area contributed by atoms with Crippen LogP contribution in [0.1, 0.15) is 117 Å². The number of nitrogens with one attached hydrogen (secondary N) is 1. The average molecular weight is 632 g/mol. The Bertz CT molecular complexity index is 1320. The molecule has 0 bridgehead atoms. The molecule has 0 aliphatic heterocycles. The minimum absolute atomic E-state index is 0.00669. The van der Waals surface area contributed by atoms with Crippen molar-refractivity contribution >= 4 is 17.6 Å². The fourth-order valence-electron chi connectivity index (χ4n) is 13.0. The minimum atomic E-state index is -0.0320. The molecule has 1 aromatic rings. The van der Waals surface area contributed by atoms with Crippen LogP contribution in [0.2, 0.25) is 0 Å². The predicted molar refractivity (Wildman–Crippen MR) is 185 cm³/mol. The normalized spacial score (nSPS) is 44.0. The van der Waals surface area contributed by atoms with Gasteiger partial charge in [-0.3, -0.25) is 4.79 Å². The lowest BCUT2D eigenvalue weighted by Gasteiger charge is -2.71. The highest BCUT2D eigenvalue weighted by Crippen LogP contribution is 2.75. The lowest BCUT2D eigenvalue weighted by Crippen LogP contribution is -2.67. The van der Waals surface area contributed by atoms with E-state index in [9.17, 15) is 4.79 Å². The molecule has 4 heteroatoms.